The monoisotopic (exact) mass is 1450 g/mol. The molecule has 32 nitrogen and oxygen atoms in total. The summed E-state index contributed by atoms with van der Waals surface area (Å²) in [5.41, 5.74) is -6.71. The lowest BCUT2D eigenvalue weighted by atomic mass is 10.2. The predicted octanol–water partition coefficient (Wildman–Crippen LogP) is 6.89. The third kappa shape index (κ3) is 25.4. The maximum atomic E-state index is 13.3. The Morgan fingerprint density at radius 2 is 0.890 bits per heavy atom. The number of halogens is 2. The topological polar surface area (TPSA) is 386 Å². The van der Waals surface area contributed by atoms with E-state index in [1.54, 1.807) is 102 Å². The first kappa shape index (κ1) is 86.5. The van der Waals surface area contributed by atoms with Crippen LogP contribution in [0, 0.1) is 27.7 Å². The predicted molar refractivity (Wildman–Crippen MR) is 355 cm³/mol. The zero-order valence-electron chi connectivity index (χ0n) is 57.8. The Bertz CT molecular complexity index is 3890. The number of aromatic amines is 1. The maximum absolute atomic E-state index is 13.3. The average Bonchev–Trinajstić information content (AvgIpc) is 1.40. The van der Waals surface area contributed by atoms with E-state index < -0.39 is 159 Å². The molecule has 4 aromatic rings. The van der Waals surface area contributed by atoms with Crippen LogP contribution >= 0.6 is 0 Å². The van der Waals surface area contributed by atoms with E-state index in [2.05, 4.69) is 4.98 Å². The molecule has 564 valence electrons. The van der Waals surface area contributed by atoms with Gasteiger partial charge in [-0.25, -0.2) is 42.3 Å². The number of carbonyl (C=O) groups is 4. The van der Waals surface area contributed by atoms with Crippen molar-refractivity contribution in [2.75, 3.05) is 59.6 Å². The summed E-state index contributed by atoms with van der Waals surface area (Å²) in [6, 6.07) is 6.16. The molecular formula is C65H98F2N6O26S. The van der Waals surface area contributed by atoms with E-state index in [9.17, 15) is 70.3 Å². The lowest BCUT2D eigenvalue weighted by molar-refractivity contribution is -0.0823. The fourth-order valence-corrected chi connectivity index (χ4v) is 10.4. The number of hydrogen-bond donors (Lipinski definition) is 2. The number of aromatic nitrogens is 6. The van der Waals surface area contributed by atoms with Crippen molar-refractivity contribution in [1.82, 2.24) is 27.8 Å². The van der Waals surface area contributed by atoms with Gasteiger partial charge in [-0.05, 0) is 123 Å². The lowest BCUT2D eigenvalue weighted by Crippen LogP contribution is -2.47. The van der Waals surface area contributed by atoms with Crippen molar-refractivity contribution in [3.8, 4) is 0 Å². The summed E-state index contributed by atoms with van der Waals surface area (Å²) in [5, 5.41) is 9.22. The van der Waals surface area contributed by atoms with Crippen molar-refractivity contribution in [2.24, 2.45) is 0 Å². The highest BCUT2D eigenvalue weighted by atomic mass is 32.2. The molecule has 100 heavy (non-hydrogen) atoms. The molecule has 0 saturated carbocycles. The van der Waals surface area contributed by atoms with Crippen LogP contribution in [0.1, 0.15) is 158 Å². The molecule has 0 bridgehead atoms. The van der Waals surface area contributed by atoms with Gasteiger partial charge in [0.1, 0.15) is 86.0 Å². The van der Waals surface area contributed by atoms with Gasteiger partial charge in [0.2, 0.25) is 0 Å². The summed E-state index contributed by atoms with van der Waals surface area (Å²) in [7, 11) is -4.04. The molecule has 0 unspecified atom stereocenters. The van der Waals surface area contributed by atoms with Crippen LogP contribution in [-0.4, -0.2) is 184 Å². The Labute approximate surface area is 577 Å². The minimum atomic E-state index is -4.04. The number of aliphatic hydroxyl groups is 1. The van der Waals surface area contributed by atoms with Crippen LogP contribution in [0.2, 0.25) is 0 Å². The number of nitrogens with zero attached hydrogens (tertiary/aromatic N) is 5. The fraction of sp³-hybridized carbons (Fsp3) is 0.662. The molecule has 9 atom stereocenters. The standard InChI is InChI=1S/C29H40N2O12S.C22H33FN2O9.C12H17FN2O5.2CH4/c1-18-9-11-20(12-10-18)44(36,37)40-14-13-38-21-15-23(41-22(21)17-39-27(35)43-29(6,7)8)30-16-19(2)24(32)31(25(30)33)26(34)42-28(3,4)5;1-13-11-24(18(27)25(17(13)26)19(28)33-21(2,3)4)16-10-14(30-9-8-23)15(32-16)12-31-20(29)34-22(5,6)7;1-7-5-15(12(18)14-11(7)17)10-4-8(19-3-2-13)9(6-16)20-10;;/h9-12,16,21-23H,13-15,17H2,1-8H3;11,14-16H,8-10,12H2,1-7H3;5,8-10,16H,2-4,6H2,1H3,(H,14,17,18);2*1H4/t21-,22+,23+;14-,15+,16+;8-,9+,10+;;/m000../s1/i;23-1;13-1;;. The van der Waals surface area contributed by atoms with Crippen LogP contribution in [0.5, 0.6) is 0 Å². The first-order chi connectivity index (χ1) is 45.5. The second kappa shape index (κ2) is 36.7. The number of rotatable bonds is 20. The molecule has 1 aromatic carbocycles. The maximum Gasteiger partial charge on any atom is 0.508 e. The lowest BCUT2D eigenvalue weighted by Gasteiger charge is -2.22. The van der Waals surface area contributed by atoms with Crippen LogP contribution < -0.4 is 33.7 Å². The summed E-state index contributed by atoms with van der Waals surface area (Å²) in [6.07, 6.45) is -6.94. The van der Waals surface area contributed by atoms with Crippen LogP contribution in [0.25, 0.3) is 0 Å². The van der Waals surface area contributed by atoms with Crippen molar-refractivity contribution in [3.63, 3.8) is 0 Å². The highest BCUT2D eigenvalue weighted by Crippen LogP contribution is 2.33. The van der Waals surface area contributed by atoms with Gasteiger partial charge in [-0.1, -0.05) is 32.5 Å². The molecule has 3 aliphatic rings. The number of aliphatic hydroxyl groups excluding tert-OH is 1. The molecule has 35 heteroatoms. The number of carbonyl (C=O) groups excluding carboxylic acids is 4. The van der Waals surface area contributed by atoms with E-state index in [1.807, 2.05) is 6.92 Å². The number of alkyl halides is 2. The minimum absolute atomic E-state index is 0. The van der Waals surface area contributed by atoms with Crippen molar-refractivity contribution in [1.29, 1.82) is 0 Å². The minimum Gasteiger partial charge on any atom is -0.443 e. The van der Waals surface area contributed by atoms with Crippen LogP contribution in [-0.2, 0) is 71.1 Å². The molecular weight excluding hydrogens is 1350 g/mol. The van der Waals surface area contributed by atoms with Crippen molar-refractivity contribution in [3.05, 3.63) is 128 Å². The van der Waals surface area contributed by atoms with Gasteiger partial charge in [0.25, 0.3) is 26.8 Å². The summed E-state index contributed by atoms with van der Waals surface area (Å²) in [6.45, 7) is 22.8. The molecule has 2 N–H and O–H groups in total. The van der Waals surface area contributed by atoms with Crippen LogP contribution in [0.15, 0.2) is 76.5 Å². The van der Waals surface area contributed by atoms with Gasteiger partial charge in [-0.15, -0.1) is 0 Å². The highest BCUT2D eigenvalue weighted by molar-refractivity contribution is 7.86. The molecule has 7 rings (SSSR count). The molecule has 3 fully saturated rings. The van der Waals surface area contributed by atoms with E-state index >= 15 is 0 Å². The molecule has 3 aliphatic heterocycles. The molecule has 6 heterocycles. The van der Waals surface area contributed by atoms with Crippen molar-refractivity contribution in [2.45, 2.75) is 228 Å². The number of benzene rings is 1. The Hall–Kier alpha value is -7.77. The Morgan fingerprint density at radius 1 is 0.530 bits per heavy atom. The Kier molecular flexibility index (Phi) is 31.7. The third-order valence-electron chi connectivity index (χ3n) is 13.8. The third-order valence-corrected chi connectivity index (χ3v) is 15.1. The summed E-state index contributed by atoms with van der Waals surface area (Å²) >= 11 is 0. The first-order valence-corrected chi connectivity index (χ1v) is 32.6. The molecule has 3 aromatic heterocycles. The van der Waals surface area contributed by atoms with Gasteiger partial charge in [0, 0.05) is 54.5 Å². The summed E-state index contributed by atoms with van der Waals surface area (Å²) in [5.74, 6) is 0. The van der Waals surface area contributed by atoms with Gasteiger partial charge in [0.15, 0.2) is 0 Å². The Morgan fingerprint density at radius 3 is 1.27 bits per heavy atom. The fourth-order valence-electron chi connectivity index (χ4n) is 9.52. The van der Waals surface area contributed by atoms with E-state index in [1.165, 1.54) is 49.1 Å². The van der Waals surface area contributed by atoms with E-state index in [-0.39, 0.29) is 90.0 Å². The number of H-pyrrole nitrogens is 1. The van der Waals surface area contributed by atoms with Gasteiger partial charge >= 0.3 is 41.6 Å². The zero-order valence-corrected chi connectivity index (χ0v) is 58.6. The van der Waals surface area contributed by atoms with Gasteiger partial charge in [-0.3, -0.25) is 37.3 Å². The van der Waals surface area contributed by atoms with Gasteiger partial charge in [-0.2, -0.15) is 17.6 Å². The average molecular weight is 1450 g/mol. The molecule has 0 aliphatic carbocycles. The molecule has 0 spiro atoms. The largest absolute Gasteiger partial charge is 0.508 e. The highest BCUT2D eigenvalue weighted by Gasteiger charge is 2.42. The van der Waals surface area contributed by atoms with E-state index in [4.69, 9.17) is 61.0 Å². The second-order valence-corrected chi connectivity index (χ2v) is 28.4. The number of aryl methyl sites for hydroxylation is 4. The molecule has 0 radical (unpaired) electrons. The quantitative estimate of drug-likeness (QED) is 0.0393. The first-order valence-electron chi connectivity index (χ1n) is 31.2. The van der Waals surface area contributed by atoms with Crippen LogP contribution in [0.4, 0.5) is 28.0 Å². The van der Waals surface area contributed by atoms with Gasteiger partial charge in [0.05, 0.1) is 56.2 Å². The number of nitrogens with one attached hydrogen (secondary N) is 1. The smallest absolute Gasteiger partial charge is 0.443 e. The zero-order chi connectivity index (χ0) is 73.6. The van der Waals surface area contributed by atoms with Crippen molar-refractivity contribution >= 4 is 34.6 Å². The summed E-state index contributed by atoms with van der Waals surface area (Å²) < 4.78 is 124. The number of hydrogen-bond acceptors (Lipinski definition) is 26. The van der Waals surface area contributed by atoms with E-state index in [0.29, 0.717) is 21.1 Å². The molecule has 3 saturated heterocycles. The Balaban J connectivity index is 0.000000412. The van der Waals surface area contributed by atoms with Gasteiger partial charge < -0.3 is 61.9 Å². The normalized spacial score (nSPS) is 20.6. The summed E-state index contributed by atoms with van der Waals surface area (Å²) in [4.78, 5) is 126. The second-order valence-electron chi connectivity index (χ2n) is 26.7. The molecule has 0 amide bonds. The van der Waals surface area contributed by atoms with Crippen LogP contribution in [0.3, 0.4) is 0 Å². The van der Waals surface area contributed by atoms with E-state index in [0.717, 1.165) is 14.7 Å². The van der Waals surface area contributed by atoms with Crippen molar-refractivity contribution < 1.29 is 103 Å². The number of ether oxygens (including phenoxy) is 12. The SMILES string of the molecule is C.C.Cc1ccc(S(=O)(=O)OCCO[C@H]2C[C@H](n3cc(C)c(=O)n(C(=O)OC(C)(C)C)c3=O)O[C@@H]2COC(=O)OC(C)(C)C)cc1.Cc1cn([C@H]2C[C@H](OCC[18F])[C@@H](CO)O2)c(=O)[nH]c1=O.Cc1cn([C@H]2C[C@H](OCC[18F])[C@@H](COC(=O)OC(C)(C)C)O2)c(=O)n(C(=O)OC(C)(C)C)c1=O.